The van der Waals surface area contributed by atoms with Gasteiger partial charge < -0.3 is 10.1 Å². The van der Waals surface area contributed by atoms with Crippen LogP contribution < -0.4 is 5.32 Å². The molecule has 0 radical (unpaired) electrons. The van der Waals surface area contributed by atoms with Crippen molar-refractivity contribution in [3.05, 3.63) is 24.3 Å². The van der Waals surface area contributed by atoms with Crippen LogP contribution in [0.2, 0.25) is 0 Å². The first kappa shape index (κ1) is 14.6. The first-order chi connectivity index (χ1) is 10.7. The average Bonchev–Trinajstić information content (AvgIpc) is 3.16. The highest BCUT2D eigenvalue weighted by atomic mass is 16.5. The number of carbonyl (C=O) groups excluding carboxylic acids is 1. The lowest BCUT2D eigenvalue weighted by Crippen LogP contribution is -2.15. The van der Waals surface area contributed by atoms with Crippen molar-refractivity contribution >= 4 is 11.6 Å². The molecule has 0 saturated carbocycles. The normalized spacial score (nSPS) is 17.6. The van der Waals surface area contributed by atoms with E-state index >= 15 is 0 Å². The smallest absolute Gasteiger partial charge is 0.224 e. The molecule has 2 heterocycles. The topological polar surface area (TPSA) is 81.9 Å². The lowest BCUT2D eigenvalue weighted by molar-refractivity contribution is -0.116. The fraction of sp³-hybridized carbons (Fsp3) is 0.467. The summed E-state index contributed by atoms with van der Waals surface area (Å²) in [5.41, 5.74) is 1.61. The highest BCUT2D eigenvalue weighted by molar-refractivity contribution is 5.91. The van der Waals surface area contributed by atoms with Gasteiger partial charge >= 0.3 is 0 Å². The number of ether oxygens (including phenoxy) is 1. The molecule has 2 aromatic rings. The van der Waals surface area contributed by atoms with Crippen molar-refractivity contribution in [3.63, 3.8) is 0 Å². The molecule has 3 rings (SSSR count). The van der Waals surface area contributed by atoms with Crippen LogP contribution in [0.1, 0.15) is 25.7 Å². The fourth-order valence-corrected chi connectivity index (χ4v) is 2.60. The van der Waals surface area contributed by atoms with Crippen LogP contribution in [-0.2, 0) is 16.6 Å². The van der Waals surface area contributed by atoms with Gasteiger partial charge in [-0.05, 0) is 41.8 Å². The van der Waals surface area contributed by atoms with Gasteiger partial charge in [0, 0.05) is 31.3 Å². The summed E-state index contributed by atoms with van der Waals surface area (Å²) in [6, 6.07) is 7.51. The third-order valence-corrected chi connectivity index (χ3v) is 3.74. The maximum absolute atomic E-state index is 12.0. The molecule has 1 aliphatic rings. The molecule has 1 aromatic carbocycles. The van der Waals surface area contributed by atoms with E-state index < -0.39 is 0 Å². The van der Waals surface area contributed by atoms with E-state index in [1.807, 2.05) is 24.3 Å². The summed E-state index contributed by atoms with van der Waals surface area (Å²) < 4.78 is 7.13. The zero-order valence-corrected chi connectivity index (χ0v) is 12.5. The summed E-state index contributed by atoms with van der Waals surface area (Å²) in [5.74, 6) is 0.666. The summed E-state index contributed by atoms with van der Waals surface area (Å²) in [6.45, 7) is 0.820. The molecule has 1 unspecified atom stereocenters. The number of hydrogen-bond acceptors (Lipinski definition) is 5. The number of hydrogen-bond donors (Lipinski definition) is 1. The van der Waals surface area contributed by atoms with E-state index in [0.717, 1.165) is 37.1 Å². The number of aryl methyl sites for hydroxylation is 1. The number of aromatic nitrogens is 4. The molecule has 7 heteroatoms. The first-order valence-electron chi connectivity index (χ1n) is 7.46. The molecule has 116 valence electrons. The minimum Gasteiger partial charge on any atom is -0.378 e. The van der Waals surface area contributed by atoms with Gasteiger partial charge in [0.1, 0.15) is 0 Å². The van der Waals surface area contributed by atoms with Gasteiger partial charge in [0.15, 0.2) is 5.82 Å². The number of nitrogens with zero attached hydrogens (tertiary/aromatic N) is 4. The first-order valence-corrected chi connectivity index (χ1v) is 7.46. The monoisotopic (exact) mass is 301 g/mol. The Morgan fingerprint density at radius 2 is 2.41 bits per heavy atom. The highest BCUT2D eigenvalue weighted by Gasteiger charge is 2.16. The van der Waals surface area contributed by atoms with E-state index in [1.165, 1.54) is 0 Å². The minimum atomic E-state index is 0.00346. The van der Waals surface area contributed by atoms with Crippen molar-refractivity contribution in [2.75, 3.05) is 11.9 Å². The number of benzene rings is 1. The molecule has 1 N–H and O–H groups in total. The number of carbonyl (C=O) groups is 1. The van der Waals surface area contributed by atoms with Crippen LogP contribution in [0.25, 0.3) is 11.4 Å². The molecular formula is C15H19N5O2. The van der Waals surface area contributed by atoms with Crippen molar-refractivity contribution in [2.24, 2.45) is 7.05 Å². The van der Waals surface area contributed by atoms with E-state index in [-0.39, 0.29) is 12.0 Å². The van der Waals surface area contributed by atoms with Crippen LogP contribution in [0.5, 0.6) is 0 Å². The maximum atomic E-state index is 12.0. The van der Waals surface area contributed by atoms with Crippen LogP contribution in [0.15, 0.2) is 24.3 Å². The molecule has 1 atom stereocenters. The fourth-order valence-electron chi connectivity index (χ4n) is 2.60. The molecule has 1 fully saturated rings. The molecule has 0 spiro atoms. The SMILES string of the molecule is Cn1nnnc1-c1cccc(NC(=O)CCC2CCCO2)c1. The number of rotatable bonds is 5. The number of anilines is 1. The van der Waals surface area contributed by atoms with Gasteiger partial charge in [0.25, 0.3) is 0 Å². The van der Waals surface area contributed by atoms with Gasteiger partial charge in [-0.3, -0.25) is 4.79 Å². The molecule has 22 heavy (non-hydrogen) atoms. The standard InChI is InChI=1S/C15H19N5O2/c1-20-15(17-18-19-20)11-4-2-5-12(10-11)16-14(21)8-7-13-6-3-9-22-13/h2,4-5,10,13H,3,6-9H2,1H3,(H,16,21). The van der Waals surface area contributed by atoms with Crippen molar-refractivity contribution in [1.29, 1.82) is 0 Å². The van der Waals surface area contributed by atoms with Crippen molar-refractivity contribution < 1.29 is 9.53 Å². The zero-order valence-electron chi connectivity index (χ0n) is 12.5. The second-order valence-corrected chi connectivity index (χ2v) is 5.43. The van der Waals surface area contributed by atoms with Gasteiger partial charge in [-0.2, -0.15) is 0 Å². The van der Waals surface area contributed by atoms with Gasteiger partial charge in [-0.25, -0.2) is 4.68 Å². The van der Waals surface area contributed by atoms with Gasteiger partial charge in [-0.1, -0.05) is 12.1 Å². The van der Waals surface area contributed by atoms with Crippen LogP contribution in [0.4, 0.5) is 5.69 Å². The predicted octanol–water partition coefficient (Wildman–Crippen LogP) is 1.77. The maximum Gasteiger partial charge on any atom is 0.224 e. The molecular weight excluding hydrogens is 282 g/mol. The Balaban J connectivity index is 1.60. The largest absolute Gasteiger partial charge is 0.378 e. The van der Waals surface area contributed by atoms with E-state index in [9.17, 15) is 4.79 Å². The van der Waals surface area contributed by atoms with E-state index in [4.69, 9.17) is 4.74 Å². The van der Waals surface area contributed by atoms with Crippen LogP contribution >= 0.6 is 0 Å². The Kier molecular flexibility index (Phi) is 4.43. The molecule has 1 saturated heterocycles. The summed E-state index contributed by atoms with van der Waals surface area (Å²) in [7, 11) is 1.78. The predicted molar refractivity (Wildman–Crippen MR) is 81.1 cm³/mol. The number of tetrazole rings is 1. The molecule has 1 amide bonds. The third-order valence-electron chi connectivity index (χ3n) is 3.74. The molecule has 1 aliphatic heterocycles. The van der Waals surface area contributed by atoms with E-state index in [0.29, 0.717) is 12.2 Å². The lowest BCUT2D eigenvalue weighted by atomic mass is 10.1. The van der Waals surface area contributed by atoms with E-state index in [1.54, 1.807) is 11.7 Å². The molecule has 7 nitrogen and oxygen atoms in total. The highest BCUT2D eigenvalue weighted by Crippen LogP contribution is 2.21. The summed E-state index contributed by atoms with van der Waals surface area (Å²) in [5, 5.41) is 14.3. The summed E-state index contributed by atoms with van der Waals surface area (Å²) in [4.78, 5) is 12.0. The quantitative estimate of drug-likeness (QED) is 0.910. The van der Waals surface area contributed by atoms with Crippen LogP contribution in [0.3, 0.4) is 0 Å². The van der Waals surface area contributed by atoms with Gasteiger partial charge in [0.05, 0.1) is 6.10 Å². The Bertz CT molecular complexity index is 649. The minimum absolute atomic E-state index is 0.00346. The van der Waals surface area contributed by atoms with Crippen LogP contribution in [0, 0.1) is 0 Å². The lowest BCUT2D eigenvalue weighted by Gasteiger charge is -2.10. The molecule has 1 aromatic heterocycles. The van der Waals surface area contributed by atoms with Crippen LogP contribution in [-0.4, -0.2) is 38.8 Å². The van der Waals surface area contributed by atoms with Crippen molar-refractivity contribution in [2.45, 2.75) is 31.8 Å². The Labute approximate surface area is 128 Å². The Hall–Kier alpha value is -2.28. The zero-order chi connectivity index (χ0) is 15.4. The average molecular weight is 301 g/mol. The second kappa shape index (κ2) is 6.65. The Morgan fingerprint density at radius 3 is 3.14 bits per heavy atom. The summed E-state index contributed by atoms with van der Waals surface area (Å²) >= 11 is 0. The number of amides is 1. The van der Waals surface area contributed by atoms with Gasteiger partial charge in [-0.15, -0.1) is 5.10 Å². The molecule has 0 bridgehead atoms. The van der Waals surface area contributed by atoms with Crippen molar-refractivity contribution in [3.8, 4) is 11.4 Å². The second-order valence-electron chi connectivity index (χ2n) is 5.43. The summed E-state index contributed by atoms with van der Waals surface area (Å²) in [6.07, 6.45) is 3.64. The van der Waals surface area contributed by atoms with E-state index in [2.05, 4.69) is 20.8 Å². The number of nitrogens with one attached hydrogen (secondary N) is 1. The molecule has 0 aliphatic carbocycles. The van der Waals surface area contributed by atoms with Gasteiger partial charge in [0.2, 0.25) is 5.91 Å². The third kappa shape index (κ3) is 3.48. The Morgan fingerprint density at radius 1 is 1.50 bits per heavy atom. The van der Waals surface area contributed by atoms with Crippen molar-refractivity contribution in [1.82, 2.24) is 20.2 Å².